The molecule has 1 atom stereocenters. The molecule has 0 saturated carbocycles. The SMILES string of the molecule is C#CCOc1ccccc1C(=O)NCCCCC(NC(=O)OC(C)(C)C)C(N)=O. The van der Waals surface area contributed by atoms with Gasteiger partial charge in [0, 0.05) is 6.54 Å². The van der Waals surface area contributed by atoms with E-state index in [4.69, 9.17) is 21.6 Å². The van der Waals surface area contributed by atoms with Crippen LogP contribution in [0.3, 0.4) is 0 Å². The van der Waals surface area contributed by atoms with Crippen LogP contribution in [0, 0.1) is 12.3 Å². The van der Waals surface area contributed by atoms with E-state index in [-0.39, 0.29) is 12.5 Å². The number of rotatable bonds is 10. The van der Waals surface area contributed by atoms with Crippen LogP contribution in [-0.4, -0.2) is 42.7 Å². The Bertz CT molecular complexity index is 749. The Hall–Kier alpha value is -3.21. The molecule has 4 N–H and O–H groups in total. The molecule has 1 unspecified atom stereocenters. The van der Waals surface area contributed by atoms with Crippen LogP contribution in [0.25, 0.3) is 0 Å². The standard InChI is InChI=1S/C21H29N3O5/c1-5-14-28-17-12-7-6-10-15(17)19(26)23-13-9-8-11-16(18(22)25)24-20(27)29-21(2,3)4/h1,6-7,10,12,16H,8-9,11,13-14H2,2-4H3,(H2,22,25)(H,23,26)(H,24,27). The maximum Gasteiger partial charge on any atom is 0.408 e. The number of nitrogens with one attached hydrogen (secondary N) is 2. The lowest BCUT2D eigenvalue weighted by Crippen LogP contribution is -2.46. The molecule has 0 fully saturated rings. The van der Waals surface area contributed by atoms with Crippen LogP contribution in [-0.2, 0) is 9.53 Å². The average Bonchev–Trinajstić information content (AvgIpc) is 2.63. The number of alkyl carbamates (subject to hydrolysis) is 1. The van der Waals surface area contributed by atoms with E-state index < -0.39 is 23.6 Å². The van der Waals surface area contributed by atoms with Crippen LogP contribution >= 0.6 is 0 Å². The minimum absolute atomic E-state index is 0.0729. The molecule has 0 spiro atoms. The van der Waals surface area contributed by atoms with E-state index in [0.29, 0.717) is 37.1 Å². The molecule has 1 rings (SSSR count). The third kappa shape index (κ3) is 9.51. The Balaban J connectivity index is 2.43. The van der Waals surface area contributed by atoms with Crippen LogP contribution in [0.2, 0.25) is 0 Å². The van der Waals surface area contributed by atoms with E-state index in [1.54, 1.807) is 45.0 Å². The number of hydrogen-bond donors (Lipinski definition) is 3. The van der Waals surface area contributed by atoms with Gasteiger partial charge in [-0.3, -0.25) is 9.59 Å². The molecule has 1 aromatic rings. The van der Waals surface area contributed by atoms with Crippen LogP contribution in [0.4, 0.5) is 4.79 Å². The highest BCUT2D eigenvalue weighted by Crippen LogP contribution is 2.17. The Kier molecular flexibility index (Phi) is 9.52. The van der Waals surface area contributed by atoms with Crippen molar-refractivity contribution >= 4 is 17.9 Å². The van der Waals surface area contributed by atoms with Gasteiger partial charge in [-0.1, -0.05) is 18.1 Å². The number of nitrogens with two attached hydrogens (primary N) is 1. The van der Waals surface area contributed by atoms with Gasteiger partial charge >= 0.3 is 6.09 Å². The number of amides is 3. The summed E-state index contributed by atoms with van der Waals surface area (Å²) < 4.78 is 10.5. The topological polar surface area (TPSA) is 120 Å². The van der Waals surface area contributed by atoms with E-state index >= 15 is 0 Å². The van der Waals surface area contributed by atoms with Gasteiger partial charge in [-0.2, -0.15) is 0 Å². The Morgan fingerprint density at radius 2 is 1.90 bits per heavy atom. The number of terminal acetylenes is 1. The molecule has 0 aliphatic rings. The Labute approximate surface area is 171 Å². The molecule has 0 saturated heterocycles. The fourth-order valence-electron chi connectivity index (χ4n) is 2.41. The molecule has 1 aromatic carbocycles. The van der Waals surface area contributed by atoms with Gasteiger partial charge in [0.15, 0.2) is 0 Å². The lowest BCUT2D eigenvalue weighted by atomic mass is 10.1. The number of benzene rings is 1. The van der Waals surface area contributed by atoms with Crippen molar-refractivity contribution in [3.8, 4) is 18.1 Å². The summed E-state index contributed by atoms with van der Waals surface area (Å²) in [6.07, 6.45) is 5.99. The van der Waals surface area contributed by atoms with Crippen molar-refractivity contribution in [3.63, 3.8) is 0 Å². The maximum atomic E-state index is 12.3. The van der Waals surface area contributed by atoms with Crippen LogP contribution < -0.4 is 21.1 Å². The van der Waals surface area contributed by atoms with Crippen molar-refractivity contribution in [1.29, 1.82) is 0 Å². The lowest BCUT2D eigenvalue weighted by Gasteiger charge is -2.22. The first-order valence-corrected chi connectivity index (χ1v) is 9.36. The largest absolute Gasteiger partial charge is 0.480 e. The molecule has 0 radical (unpaired) electrons. The van der Waals surface area contributed by atoms with E-state index in [1.807, 2.05) is 0 Å². The minimum Gasteiger partial charge on any atom is -0.480 e. The van der Waals surface area contributed by atoms with E-state index in [1.165, 1.54) is 0 Å². The van der Waals surface area contributed by atoms with Gasteiger partial charge in [0.1, 0.15) is 24.0 Å². The molecule has 8 nitrogen and oxygen atoms in total. The van der Waals surface area contributed by atoms with Crippen LogP contribution in [0.15, 0.2) is 24.3 Å². The van der Waals surface area contributed by atoms with Crippen molar-refractivity contribution in [2.45, 2.75) is 51.7 Å². The summed E-state index contributed by atoms with van der Waals surface area (Å²) in [6, 6.07) is 5.97. The van der Waals surface area contributed by atoms with Crippen molar-refractivity contribution in [2.75, 3.05) is 13.2 Å². The van der Waals surface area contributed by atoms with Gasteiger partial charge in [0.2, 0.25) is 5.91 Å². The van der Waals surface area contributed by atoms with Crippen molar-refractivity contribution in [2.24, 2.45) is 5.73 Å². The predicted molar refractivity (Wildman–Crippen MR) is 109 cm³/mol. The lowest BCUT2D eigenvalue weighted by molar-refractivity contribution is -0.120. The van der Waals surface area contributed by atoms with Crippen molar-refractivity contribution < 1.29 is 23.9 Å². The van der Waals surface area contributed by atoms with Gasteiger partial charge in [-0.25, -0.2) is 4.79 Å². The molecular formula is C21H29N3O5. The van der Waals surface area contributed by atoms with Crippen molar-refractivity contribution in [1.82, 2.24) is 10.6 Å². The molecule has 0 aliphatic carbocycles. The monoisotopic (exact) mass is 403 g/mol. The Morgan fingerprint density at radius 1 is 1.21 bits per heavy atom. The zero-order valence-corrected chi connectivity index (χ0v) is 17.1. The molecule has 0 bridgehead atoms. The second kappa shape index (κ2) is 11.6. The van der Waals surface area contributed by atoms with Gasteiger partial charge in [-0.05, 0) is 52.2 Å². The highest BCUT2D eigenvalue weighted by molar-refractivity contribution is 5.96. The third-order valence-corrected chi connectivity index (χ3v) is 3.68. The van der Waals surface area contributed by atoms with E-state index in [2.05, 4.69) is 16.6 Å². The fourth-order valence-corrected chi connectivity index (χ4v) is 2.41. The summed E-state index contributed by atoms with van der Waals surface area (Å²) in [7, 11) is 0. The molecule has 0 aromatic heterocycles. The van der Waals surface area contributed by atoms with Crippen LogP contribution in [0.1, 0.15) is 50.4 Å². The molecular weight excluding hydrogens is 374 g/mol. The Morgan fingerprint density at radius 3 is 2.52 bits per heavy atom. The second-order valence-electron chi connectivity index (χ2n) is 7.34. The quantitative estimate of drug-likeness (QED) is 0.408. The highest BCUT2D eigenvalue weighted by Gasteiger charge is 2.22. The number of para-hydroxylation sites is 1. The molecule has 29 heavy (non-hydrogen) atoms. The maximum absolute atomic E-state index is 12.3. The molecule has 0 aliphatic heterocycles. The van der Waals surface area contributed by atoms with Gasteiger partial charge in [-0.15, -0.1) is 6.42 Å². The zero-order chi connectivity index (χ0) is 21.9. The fraction of sp³-hybridized carbons (Fsp3) is 0.476. The van der Waals surface area contributed by atoms with Crippen LogP contribution in [0.5, 0.6) is 5.75 Å². The summed E-state index contributed by atoms with van der Waals surface area (Å²) in [5.41, 5.74) is 5.06. The summed E-state index contributed by atoms with van der Waals surface area (Å²) in [4.78, 5) is 35.7. The van der Waals surface area contributed by atoms with Gasteiger partial charge < -0.3 is 25.8 Å². The number of carbonyl (C=O) groups excluding carboxylic acids is 3. The summed E-state index contributed by atoms with van der Waals surface area (Å²) >= 11 is 0. The summed E-state index contributed by atoms with van der Waals surface area (Å²) in [5, 5.41) is 5.26. The van der Waals surface area contributed by atoms with Gasteiger partial charge in [0.25, 0.3) is 5.91 Å². The van der Waals surface area contributed by atoms with Gasteiger partial charge in [0.05, 0.1) is 5.56 Å². The first-order chi connectivity index (χ1) is 13.6. The number of unbranched alkanes of at least 4 members (excludes halogenated alkanes) is 1. The number of ether oxygens (including phenoxy) is 2. The number of primary amides is 1. The first-order valence-electron chi connectivity index (χ1n) is 9.36. The highest BCUT2D eigenvalue weighted by atomic mass is 16.6. The summed E-state index contributed by atoms with van der Waals surface area (Å²) in [6.45, 7) is 5.64. The number of hydrogen-bond acceptors (Lipinski definition) is 5. The molecule has 8 heteroatoms. The first kappa shape index (κ1) is 23.8. The number of carbonyl (C=O) groups is 3. The normalized spacial score (nSPS) is 11.7. The smallest absolute Gasteiger partial charge is 0.408 e. The predicted octanol–water partition coefficient (Wildman–Crippen LogP) is 1.98. The molecule has 158 valence electrons. The molecule has 3 amide bonds. The molecule has 0 heterocycles. The zero-order valence-electron chi connectivity index (χ0n) is 17.1. The van der Waals surface area contributed by atoms with Crippen molar-refractivity contribution in [3.05, 3.63) is 29.8 Å². The summed E-state index contributed by atoms with van der Waals surface area (Å²) in [5.74, 6) is 1.85. The third-order valence-electron chi connectivity index (χ3n) is 3.68. The second-order valence-corrected chi connectivity index (χ2v) is 7.34. The van der Waals surface area contributed by atoms with E-state index in [0.717, 1.165) is 0 Å². The minimum atomic E-state index is -0.835. The average molecular weight is 403 g/mol. The van der Waals surface area contributed by atoms with E-state index in [9.17, 15) is 14.4 Å².